The molecule has 1 saturated heterocycles. The third kappa shape index (κ3) is 2.76. The number of nitro groups is 1. The summed E-state index contributed by atoms with van der Waals surface area (Å²) in [5.41, 5.74) is 0.828. The first-order valence-electron chi connectivity index (χ1n) is 7.91. The number of aromatic nitrogens is 3. The minimum atomic E-state index is -0.579. The van der Waals surface area contributed by atoms with Gasteiger partial charge < -0.3 is 9.42 Å². The van der Waals surface area contributed by atoms with Crippen molar-refractivity contribution in [2.45, 2.75) is 37.6 Å². The van der Waals surface area contributed by atoms with Crippen LogP contribution in [0.25, 0.3) is 11.4 Å². The van der Waals surface area contributed by atoms with Crippen LogP contribution in [0.5, 0.6) is 0 Å². The maximum atomic E-state index is 10.7. The van der Waals surface area contributed by atoms with E-state index >= 15 is 0 Å². The second-order valence-electron chi connectivity index (χ2n) is 6.10. The number of rotatable bonds is 4. The van der Waals surface area contributed by atoms with Crippen molar-refractivity contribution >= 4 is 5.82 Å². The predicted octanol–water partition coefficient (Wildman–Crippen LogP) is 2.25. The van der Waals surface area contributed by atoms with Crippen molar-refractivity contribution in [3.05, 3.63) is 34.3 Å². The SMILES string of the molecule is O=[N+]([O-])[C@@H]1C[C@H]1c1nc(-c2ccnc(N3CCCCC3)c2)no1. The molecule has 2 aliphatic rings. The quantitative estimate of drug-likeness (QED) is 0.630. The molecule has 1 aliphatic heterocycles. The molecule has 0 bridgehead atoms. The Morgan fingerprint density at radius 2 is 2.13 bits per heavy atom. The van der Waals surface area contributed by atoms with Gasteiger partial charge in [0.2, 0.25) is 17.8 Å². The number of hydrogen-bond acceptors (Lipinski definition) is 7. The fraction of sp³-hybridized carbons (Fsp3) is 0.533. The molecule has 1 saturated carbocycles. The molecule has 120 valence electrons. The summed E-state index contributed by atoms with van der Waals surface area (Å²) in [5, 5.41) is 14.7. The number of hydrogen-bond donors (Lipinski definition) is 0. The highest BCUT2D eigenvalue weighted by Gasteiger charge is 2.53. The van der Waals surface area contributed by atoms with Crippen molar-refractivity contribution in [1.29, 1.82) is 0 Å². The number of piperidine rings is 1. The summed E-state index contributed by atoms with van der Waals surface area (Å²) < 4.78 is 5.21. The molecule has 0 radical (unpaired) electrons. The Morgan fingerprint density at radius 1 is 1.30 bits per heavy atom. The van der Waals surface area contributed by atoms with Gasteiger partial charge in [0.1, 0.15) is 11.7 Å². The number of pyridine rings is 1. The van der Waals surface area contributed by atoms with Crippen LogP contribution in [0.3, 0.4) is 0 Å². The number of anilines is 1. The highest BCUT2D eigenvalue weighted by molar-refractivity contribution is 5.59. The van der Waals surface area contributed by atoms with Gasteiger partial charge in [-0.3, -0.25) is 10.1 Å². The maximum Gasteiger partial charge on any atom is 0.237 e. The molecular weight excluding hydrogens is 298 g/mol. The summed E-state index contributed by atoms with van der Waals surface area (Å²) in [6, 6.07) is 3.21. The Kier molecular flexibility index (Phi) is 3.44. The van der Waals surface area contributed by atoms with Crippen LogP contribution in [0.1, 0.15) is 37.5 Å². The highest BCUT2D eigenvalue weighted by Crippen LogP contribution is 2.42. The zero-order valence-electron chi connectivity index (χ0n) is 12.6. The van der Waals surface area contributed by atoms with Crippen LogP contribution < -0.4 is 4.90 Å². The fourth-order valence-electron chi connectivity index (χ4n) is 3.04. The summed E-state index contributed by atoms with van der Waals surface area (Å²) in [5.74, 6) is 1.51. The Bertz CT molecular complexity index is 725. The summed E-state index contributed by atoms with van der Waals surface area (Å²) in [6.45, 7) is 2.03. The Balaban J connectivity index is 1.54. The third-order valence-corrected chi connectivity index (χ3v) is 4.47. The van der Waals surface area contributed by atoms with E-state index in [0.29, 0.717) is 18.1 Å². The van der Waals surface area contributed by atoms with Gasteiger partial charge in [0.05, 0.1) is 0 Å². The van der Waals surface area contributed by atoms with E-state index < -0.39 is 6.04 Å². The molecule has 23 heavy (non-hydrogen) atoms. The maximum absolute atomic E-state index is 10.7. The molecule has 2 fully saturated rings. The van der Waals surface area contributed by atoms with Crippen LogP contribution in [0.15, 0.2) is 22.9 Å². The van der Waals surface area contributed by atoms with E-state index in [2.05, 4.69) is 20.0 Å². The predicted molar refractivity (Wildman–Crippen MR) is 81.7 cm³/mol. The summed E-state index contributed by atoms with van der Waals surface area (Å²) in [4.78, 5) is 21.5. The second-order valence-corrected chi connectivity index (χ2v) is 6.10. The van der Waals surface area contributed by atoms with E-state index in [4.69, 9.17) is 4.52 Å². The number of nitrogens with zero attached hydrogens (tertiary/aromatic N) is 5. The molecule has 1 aliphatic carbocycles. The minimum absolute atomic E-state index is 0.241. The van der Waals surface area contributed by atoms with Gasteiger partial charge in [-0.1, -0.05) is 5.16 Å². The van der Waals surface area contributed by atoms with E-state index in [9.17, 15) is 10.1 Å². The molecule has 3 heterocycles. The van der Waals surface area contributed by atoms with Crippen LogP contribution in [0.2, 0.25) is 0 Å². The lowest BCUT2D eigenvalue weighted by Crippen LogP contribution is -2.30. The van der Waals surface area contributed by atoms with Gasteiger partial charge in [0.25, 0.3) is 0 Å². The average Bonchev–Trinajstić information content (AvgIpc) is 3.25. The van der Waals surface area contributed by atoms with E-state index in [1.165, 1.54) is 19.3 Å². The van der Waals surface area contributed by atoms with Gasteiger partial charge in [-0.25, -0.2) is 4.98 Å². The van der Waals surface area contributed by atoms with Crippen LogP contribution >= 0.6 is 0 Å². The van der Waals surface area contributed by atoms with Gasteiger partial charge in [0, 0.05) is 36.2 Å². The first-order chi connectivity index (χ1) is 11.2. The van der Waals surface area contributed by atoms with E-state index in [1.807, 2.05) is 12.1 Å². The lowest BCUT2D eigenvalue weighted by Gasteiger charge is -2.27. The summed E-state index contributed by atoms with van der Waals surface area (Å²) in [7, 11) is 0. The van der Waals surface area contributed by atoms with Crippen LogP contribution in [-0.4, -0.2) is 39.2 Å². The monoisotopic (exact) mass is 315 g/mol. The first-order valence-corrected chi connectivity index (χ1v) is 7.91. The Labute approximate surface area is 132 Å². The van der Waals surface area contributed by atoms with E-state index in [0.717, 1.165) is 24.5 Å². The van der Waals surface area contributed by atoms with Gasteiger partial charge in [-0.05, 0) is 31.4 Å². The van der Waals surface area contributed by atoms with E-state index in [-0.39, 0.29) is 10.8 Å². The lowest BCUT2D eigenvalue weighted by molar-refractivity contribution is -0.496. The van der Waals surface area contributed by atoms with Crippen LogP contribution in [-0.2, 0) is 0 Å². The summed E-state index contributed by atoms with van der Waals surface area (Å²) in [6.07, 6.45) is 5.85. The zero-order valence-corrected chi connectivity index (χ0v) is 12.6. The van der Waals surface area contributed by atoms with Gasteiger partial charge in [-0.2, -0.15) is 4.98 Å². The lowest BCUT2D eigenvalue weighted by atomic mass is 10.1. The third-order valence-electron chi connectivity index (χ3n) is 4.47. The molecule has 0 amide bonds. The molecular formula is C15H17N5O3. The van der Waals surface area contributed by atoms with Crippen molar-refractivity contribution in [1.82, 2.24) is 15.1 Å². The van der Waals surface area contributed by atoms with E-state index in [1.54, 1.807) is 6.20 Å². The van der Waals surface area contributed by atoms with Crippen molar-refractivity contribution in [3.63, 3.8) is 0 Å². The second kappa shape index (κ2) is 5.60. The fourth-order valence-corrected chi connectivity index (χ4v) is 3.04. The zero-order chi connectivity index (χ0) is 15.8. The molecule has 2 atom stereocenters. The minimum Gasteiger partial charge on any atom is -0.357 e. The molecule has 8 nitrogen and oxygen atoms in total. The average molecular weight is 315 g/mol. The van der Waals surface area contributed by atoms with Gasteiger partial charge >= 0.3 is 0 Å². The van der Waals surface area contributed by atoms with Crippen LogP contribution in [0.4, 0.5) is 5.82 Å². The first kappa shape index (κ1) is 14.1. The Hall–Kier alpha value is -2.51. The largest absolute Gasteiger partial charge is 0.357 e. The highest BCUT2D eigenvalue weighted by atomic mass is 16.6. The van der Waals surface area contributed by atoms with Gasteiger partial charge in [0.15, 0.2) is 0 Å². The van der Waals surface area contributed by atoms with Crippen LogP contribution in [0, 0.1) is 10.1 Å². The molecule has 2 aromatic heterocycles. The molecule has 2 aromatic rings. The molecule has 8 heteroatoms. The molecule has 0 unspecified atom stereocenters. The van der Waals surface area contributed by atoms with Gasteiger partial charge in [-0.15, -0.1) is 0 Å². The topological polar surface area (TPSA) is 98.2 Å². The molecule has 0 N–H and O–H groups in total. The van der Waals surface area contributed by atoms with Crippen molar-refractivity contribution < 1.29 is 9.45 Å². The van der Waals surface area contributed by atoms with Crippen molar-refractivity contribution in [2.24, 2.45) is 0 Å². The normalized spacial score (nSPS) is 23.7. The molecule has 0 spiro atoms. The smallest absolute Gasteiger partial charge is 0.237 e. The molecule has 0 aromatic carbocycles. The van der Waals surface area contributed by atoms with Crippen molar-refractivity contribution in [2.75, 3.05) is 18.0 Å². The molecule has 4 rings (SSSR count). The Morgan fingerprint density at radius 3 is 2.87 bits per heavy atom. The standard InChI is InChI=1S/C15H17N5O3/c21-20(22)12-9-11(12)15-17-14(18-23-15)10-4-5-16-13(8-10)19-6-2-1-3-7-19/h4-5,8,11-12H,1-3,6-7,9H2/t11-,12-/m1/s1. The summed E-state index contributed by atoms with van der Waals surface area (Å²) >= 11 is 0. The van der Waals surface area contributed by atoms with Crippen molar-refractivity contribution in [3.8, 4) is 11.4 Å².